The van der Waals surface area contributed by atoms with Crippen molar-refractivity contribution in [3.8, 4) is 0 Å². The lowest BCUT2D eigenvalue weighted by atomic mass is 10.2. The maximum absolute atomic E-state index is 11.8. The molecule has 2 heterocycles. The van der Waals surface area contributed by atoms with E-state index in [1.165, 1.54) is 11.3 Å². The Labute approximate surface area is 125 Å². The first-order valence-electron chi connectivity index (χ1n) is 6.66. The molecule has 0 aromatic carbocycles. The summed E-state index contributed by atoms with van der Waals surface area (Å²) in [5.74, 6) is -1.29. The Hall–Kier alpha value is -2.09. The zero-order valence-corrected chi connectivity index (χ0v) is 12.2. The number of aliphatic carboxylic acids is 1. The number of thiophene rings is 1. The number of hydrogen-bond acceptors (Lipinski definition) is 4. The lowest BCUT2D eigenvalue weighted by molar-refractivity contribution is -0.139. The minimum absolute atomic E-state index is 0.122. The van der Waals surface area contributed by atoms with E-state index in [0.717, 1.165) is 25.9 Å². The highest BCUT2D eigenvalue weighted by Crippen LogP contribution is 2.18. The van der Waals surface area contributed by atoms with Gasteiger partial charge >= 0.3 is 12.0 Å². The van der Waals surface area contributed by atoms with E-state index in [0.29, 0.717) is 4.88 Å². The molecule has 1 aromatic rings. The van der Waals surface area contributed by atoms with E-state index in [2.05, 4.69) is 10.6 Å². The van der Waals surface area contributed by atoms with Crippen molar-refractivity contribution in [2.45, 2.75) is 18.9 Å². The number of urea groups is 1. The van der Waals surface area contributed by atoms with Crippen LogP contribution in [0.15, 0.2) is 17.5 Å². The topological polar surface area (TPSA) is 98.7 Å². The van der Waals surface area contributed by atoms with Crippen LogP contribution in [0.4, 0.5) is 4.79 Å². The zero-order chi connectivity index (χ0) is 15.2. The van der Waals surface area contributed by atoms with Crippen LogP contribution < -0.4 is 10.6 Å². The summed E-state index contributed by atoms with van der Waals surface area (Å²) in [5.41, 5.74) is 0. The second-order valence-corrected chi connectivity index (χ2v) is 5.68. The normalized spacial score (nSPS) is 15.5. The van der Waals surface area contributed by atoms with Gasteiger partial charge in [0.2, 0.25) is 5.91 Å². The molecule has 1 aliphatic rings. The molecule has 21 heavy (non-hydrogen) atoms. The molecule has 0 aliphatic carbocycles. The molecule has 7 nitrogen and oxygen atoms in total. The van der Waals surface area contributed by atoms with Crippen LogP contribution in [-0.2, 0) is 9.59 Å². The Kier molecular flexibility index (Phi) is 5.15. The predicted molar refractivity (Wildman–Crippen MR) is 77.0 cm³/mol. The molecule has 8 heteroatoms. The molecule has 0 spiro atoms. The number of nitrogens with zero attached hydrogens (tertiary/aromatic N) is 1. The summed E-state index contributed by atoms with van der Waals surface area (Å²) in [6, 6.07) is 1.58. The van der Waals surface area contributed by atoms with Gasteiger partial charge in [0.05, 0.1) is 6.54 Å². The molecule has 0 saturated carbocycles. The zero-order valence-electron chi connectivity index (χ0n) is 11.4. The summed E-state index contributed by atoms with van der Waals surface area (Å²) >= 11 is 1.25. The van der Waals surface area contributed by atoms with Crippen molar-refractivity contribution in [2.24, 2.45) is 0 Å². The average Bonchev–Trinajstić information content (AvgIpc) is 3.13. The molecule has 1 fully saturated rings. The van der Waals surface area contributed by atoms with Gasteiger partial charge in [-0.1, -0.05) is 6.07 Å². The number of rotatable bonds is 5. The smallest absolute Gasteiger partial charge is 0.331 e. The standard InChI is InChI=1S/C13H17N3O4S/c17-10(16-5-1-2-6-16)8-14-13(20)15-11(12(18)19)9-4-3-7-21-9/h3-4,7,11H,1-2,5-6,8H2,(H,18,19)(H2,14,15,20). The third-order valence-electron chi connectivity index (χ3n) is 3.21. The van der Waals surface area contributed by atoms with Crippen LogP contribution in [0.1, 0.15) is 23.8 Å². The van der Waals surface area contributed by atoms with Crippen molar-refractivity contribution in [3.05, 3.63) is 22.4 Å². The molecule has 1 aliphatic heterocycles. The van der Waals surface area contributed by atoms with Crippen LogP contribution in [-0.4, -0.2) is 47.5 Å². The number of hydrogen-bond donors (Lipinski definition) is 3. The number of carboxylic acids is 1. The van der Waals surface area contributed by atoms with Crippen molar-refractivity contribution in [2.75, 3.05) is 19.6 Å². The number of nitrogens with one attached hydrogen (secondary N) is 2. The fourth-order valence-electron chi connectivity index (χ4n) is 2.13. The predicted octanol–water partition coefficient (Wildman–Crippen LogP) is 0.795. The van der Waals surface area contributed by atoms with Gasteiger partial charge in [-0.3, -0.25) is 4.79 Å². The van der Waals surface area contributed by atoms with Crippen LogP contribution in [0, 0.1) is 0 Å². The minimum Gasteiger partial charge on any atom is -0.479 e. The molecular weight excluding hydrogens is 294 g/mol. The van der Waals surface area contributed by atoms with Gasteiger partial charge in [0.1, 0.15) is 0 Å². The minimum atomic E-state index is -1.14. The second-order valence-electron chi connectivity index (χ2n) is 4.70. The molecule has 1 unspecified atom stereocenters. The lowest BCUT2D eigenvalue weighted by Gasteiger charge is -2.17. The van der Waals surface area contributed by atoms with E-state index in [4.69, 9.17) is 5.11 Å². The SMILES string of the molecule is O=C(NCC(=O)N1CCCC1)NC(C(=O)O)c1cccs1. The van der Waals surface area contributed by atoms with E-state index in [9.17, 15) is 14.4 Å². The first-order chi connectivity index (χ1) is 10.1. The quantitative estimate of drug-likeness (QED) is 0.749. The van der Waals surface area contributed by atoms with Gasteiger partial charge in [-0.2, -0.15) is 0 Å². The fourth-order valence-corrected chi connectivity index (χ4v) is 2.89. The fraction of sp³-hybridized carbons (Fsp3) is 0.462. The summed E-state index contributed by atoms with van der Waals surface area (Å²) in [4.78, 5) is 36.9. The lowest BCUT2D eigenvalue weighted by Crippen LogP contribution is -2.45. The number of carbonyl (C=O) groups is 3. The summed E-state index contributed by atoms with van der Waals surface area (Å²) in [5, 5.41) is 15.6. The van der Waals surface area contributed by atoms with Gasteiger partial charge < -0.3 is 20.6 Å². The Bertz CT molecular complexity index is 511. The van der Waals surface area contributed by atoms with Crippen molar-refractivity contribution in [1.82, 2.24) is 15.5 Å². The number of carboxylic acid groups (broad SMARTS) is 1. The van der Waals surface area contributed by atoms with E-state index in [-0.39, 0.29) is 12.5 Å². The summed E-state index contributed by atoms with van der Waals surface area (Å²) in [6.45, 7) is 1.31. The molecule has 1 aromatic heterocycles. The van der Waals surface area contributed by atoms with E-state index >= 15 is 0 Å². The summed E-state index contributed by atoms with van der Waals surface area (Å²) in [7, 11) is 0. The van der Waals surface area contributed by atoms with Crippen molar-refractivity contribution in [3.63, 3.8) is 0 Å². The molecule has 1 atom stereocenters. The largest absolute Gasteiger partial charge is 0.479 e. The summed E-state index contributed by atoms with van der Waals surface area (Å²) < 4.78 is 0. The number of amides is 3. The van der Waals surface area contributed by atoms with Gasteiger partial charge in [0.25, 0.3) is 0 Å². The third-order valence-corrected chi connectivity index (χ3v) is 4.15. The van der Waals surface area contributed by atoms with E-state index in [1.54, 1.807) is 22.4 Å². The molecule has 114 valence electrons. The van der Waals surface area contributed by atoms with Gasteiger partial charge in [-0.15, -0.1) is 11.3 Å². The van der Waals surface area contributed by atoms with Crippen LogP contribution in [0.2, 0.25) is 0 Å². The molecule has 3 N–H and O–H groups in total. The Balaban J connectivity index is 1.82. The first kappa shape index (κ1) is 15.3. The molecular formula is C13H17N3O4S. The van der Waals surface area contributed by atoms with Crippen molar-refractivity contribution < 1.29 is 19.5 Å². The Morgan fingerprint density at radius 1 is 1.33 bits per heavy atom. The van der Waals surface area contributed by atoms with Gasteiger partial charge in [-0.05, 0) is 24.3 Å². The van der Waals surface area contributed by atoms with Gasteiger partial charge in [0, 0.05) is 18.0 Å². The molecule has 1 saturated heterocycles. The van der Waals surface area contributed by atoms with Crippen molar-refractivity contribution >= 4 is 29.2 Å². The van der Waals surface area contributed by atoms with Crippen molar-refractivity contribution in [1.29, 1.82) is 0 Å². The number of likely N-dealkylation sites (tertiary alicyclic amines) is 1. The van der Waals surface area contributed by atoms with Gasteiger partial charge in [-0.25, -0.2) is 9.59 Å². The Morgan fingerprint density at radius 3 is 2.62 bits per heavy atom. The maximum Gasteiger partial charge on any atom is 0.331 e. The highest BCUT2D eigenvalue weighted by atomic mass is 32.1. The second kappa shape index (κ2) is 7.07. The molecule has 3 amide bonds. The maximum atomic E-state index is 11.8. The highest BCUT2D eigenvalue weighted by Gasteiger charge is 2.24. The van der Waals surface area contributed by atoms with Crippen LogP contribution in [0.5, 0.6) is 0 Å². The summed E-state index contributed by atoms with van der Waals surface area (Å²) in [6.07, 6.45) is 1.97. The number of carbonyl (C=O) groups excluding carboxylic acids is 2. The van der Waals surface area contributed by atoms with E-state index < -0.39 is 18.0 Å². The third kappa shape index (κ3) is 4.19. The highest BCUT2D eigenvalue weighted by molar-refractivity contribution is 7.10. The molecule has 2 rings (SSSR count). The Morgan fingerprint density at radius 2 is 2.05 bits per heavy atom. The molecule has 0 radical (unpaired) electrons. The van der Waals surface area contributed by atoms with Crippen LogP contribution in [0.3, 0.4) is 0 Å². The van der Waals surface area contributed by atoms with Crippen LogP contribution in [0.25, 0.3) is 0 Å². The van der Waals surface area contributed by atoms with Crippen LogP contribution >= 0.6 is 11.3 Å². The van der Waals surface area contributed by atoms with E-state index in [1.807, 2.05) is 0 Å². The average molecular weight is 311 g/mol. The van der Waals surface area contributed by atoms with Gasteiger partial charge in [0.15, 0.2) is 6.04 Å². The first-order valence-corrected chi connectivity index (χ1v) is 7.54. The molecule has 0 bridgehead atoms. The monoisotopic (exact) mass is 311 g/mol.